The number of aromatic nitrogens is 2. The van der Waals surface area contributed by atoms with Gasteiger partial charge in [0.05, 0.1) is 22.2 Å². The molecule has 124 valence electrons. The van der Waals surface area contributed by atoms with E-state index in [0.717, 1.165) is 42.7 Å². The van der Waals surface area contributed by atoms with Crippen molar-refractivity contribution in [3.05, 3.63) is 29.5 Å². The summed E-state index contributed by atoms with van der Waals surface area (Å²) in [7, 11) is -3.16. The molecular formula is C15H19ClN4O2S. The number of rotatable bonds is 4. The molecule has 1 unspecified atom stereocenters. The van der Waals surface area contributed by atoms with Crippen molar-refractivity contribution in [3.63, 3.8) is 0 Å². The van der Waals surface area contributed by atoms with Crippen LogP contribution in [-0.2, 0) is 10.0 Å². The molecule has 1 aromatic carbocycles. The van der Waals surface area contributed by atoms with Crippen LogP contribution in [-0.4, -0.2) is 44.3 Å². The molecule has 1 N–H and O–H groups in total. The lowest BCUT2D eigenvalue weighted by Gasteiger charge is -2.34. The van der Waals surface area contributed by atoms with Gasteiger partial charge in [0.2, 0.25) is 10.0 Å². The summed E-state index contributed by atoms with van der Waals surface area (Å²) in [6.07, 6.45) is 4.72. The van der Waals surface area contributed by atoms with Gasteiger partial charge >= 0.3 is 0 Å². The SMILES string of the molecule is CS(=O)(=O)NCC1CCCN(c2ncnc3cccc(Cl)c23)C1. The average molecular weight is 355 g/mol. The van der Waals surface area contributed by atoms with E-state index in [0.29, 0.717) is 11.6 Å². The molecule has 1 aromatic heterocycles. The number of sulfonamides is 1. The number of benzene rings is 1. The first kappa shape index (κ1) is 16.4. The minimum absolute atomic E-state index is 0.256. The second kappa shape index (κ2) is 6.59. The van der Waals surface area contributed by atoms with Gasteiger partial charge in [-0.25, -0.2) is 23.1 Å². The van der Waals surface area contributed by atoms with Crippen LogP contribution in [0.4, 0.5) is 5.82 Å². The Kier molecular flexibility index (Phi) is 4.70. The Bertz CT molecular complexity index is 807. The summed E-state index contributed by atoms with van der Waals surface area (Å²) in [6, 6.07) is 5.62. The Hall–Kier alpha value is -1.44. The smallest absolute Gasteiger partial charge is 0.208 e. The zero-order valence-corrected chi connectivity index (χ0v) is 14.4. The third-order valence-corrected chi connectivity index (χ3v) is 5.05. The van der Waals surface area contributed by atoms with Crippen LogP contribution in [0.3, 0.4) is 0 Å². The van der Waals surface area contributed by atoms with Gasteiger partial charge < -0.3 is 4.90 Å². The van der Waals surface area contributed by atoms with E-state index >= 15 is 0 Å². The number of hydrogen-bond donors (Lipinski definition) is 1. The van der Waals surface area contributed by atoms with Crippen molar-refractivity contribution in [3.8, 4) is 0 Å². The quantitative estimate of drug-likeness (QED) is 0.909. The monoisotopic (exact) mass is 354 g/mol. The van der Waals surface area contributed by atoms with Gasteiger partial charge in [0.1, 0.15) is 12.1 Å². The summed E-state index contributed by atoms with van der Waals surface area (Å²) in [5, 5.41) is 1.49. The average Bonchev–Trinajstić information content (AvgIpc) is 2.52. The van der Waals surface area contributed by atoms with Crippen LogP contribution in [0.25, 0.3) is 10.9 Å². The zero-order chi connectivity index (χ0) is 16.4. The van der Waals surface area contributed by atoms with Gasteiger partial charge in [-0.2, -0.15) is 0 Å². The highest BCUT2D eigenvalue weighted by molar-refractivity contribution is 7.88. The first-order chi connectivity index (χ1) is 10.9. The molecule has 23 heavy (non-hydrogen) atoms. The van der Waals surface area contributed by atoms with Gasteiger partial charge in [-0.05, 0) is 30.9 Å². The van der Waals surface area contributed by atoms with E-state index in [4.69, 9.17) is 11.6 Å². The Labute approximate surface area is 140 Å². The highest BCUT2D eigenvalue weighted by atomic mass is 35.5. The van der Waals surface area contributed by atoms with Crippen molar-refractivity contribution >= 4 is 38.3 Å². The van der Waals surface area contributed by atoms with Crippen LogP contribution in [0.2, 0.25) is 5.02 Å². The predicted molar refractivity (Wildman–Crippen MR) is 92.3 cm³/mol. The van der Waals surface area contributed by atoms with Gasteiger partial charge in [0.15, 0.2) is 0 Å². The summed E-state index contributed by atoms with van der Waals surface area (Å²) in [6.45, 7) is 2.08. The predicted octanol–water partition coefficient (Wildman–Crippen LogP) is 2.05. The van der Waals surface area contributed by atoms with E-state index in [1.807, 2.05) is 18.2 Å². The maximum Gasteiger partial charge on any atom is 0.208 e. The standard InChI is InChI=1S/C15H19ClN4O2S/c1-23(21,22)19-8-11-4-3-7-20(9-11)15-14-12(16)5-2-6-13(14)17-10-18-15/h2,5-6,10-11,19H,3-4,7-9H2,1H3. The van der Waals surface area contributed by atoms with Gasteiger partial charge in [-0.1, -0.05) is 17.7 Å². The zero-order valence-electron chi connectivity index (χ0n) is 12.9. The molecule has 0 aliphatic carbocycles. The number of hydrogen-bond acceptors (Lipinski definition) is 5. The van der Waals surface area contributed by atoms with E-state index in [2.05, 4.69) is 19.6 Å². The number of anilines is 1. The molecule has 1 aliphatic rings. The second-order valence-electron chi connectivity index (χ2n) is 5.91. The molecule has 2 aromatic rings. The number of nitrogens with zero attached hydrogens (tertiary/aromatic N) is 3. The van der Waals surface area contributed by atoms with Gasteiger partial charge in [-0.3, -0.25) is 0 Å². The van der Waals surface area contributed by atoms with E-state index in [1.54, 1.807) is 6.33 Å². The molecule has 0 radical (unpaired) electrons. The molecule has 0 spiro atoms. The molecule has 1 saturated heterocycles. The first-order valence-corrected chi connectivity index (χ1v) is 9.80. The molecule has 0 bridgehead atoms. The van der Waals surface area contributed by atoms with Gasteiger partial charge in [0.25, 0.3) is 0 Å². The molecule has 0 amide bonds. The van der Waals surface area contributed by atoms with E-state index in [1.165, 1.54) is 6.26 Å². The maximum absolute atomic E-state index is 11.3. The summed E-state index contributed by atoms with van der Waals surface area (Å²) in [5.74, 6) is 1.08. The normalized spacial score (nSPS) is 19.2. The van der Waals surface area contributed by atoms with E-state index < -0.39 is 10.0 Å². The third-order valence-electron chi connectivity index (χ3n) is 4.04. The highest BCUT2D eigenvalue weighted by Crippen LogP contribution is 2.32. The maximum atomic E-state index is 11.3. The van der Waals surface area contributed by atoms with Crippen molar-refractivity contribution in [2.45, 2.75) is 12.8 Å². The number of halogens is 1. The fourth-order valence-electron chi connectivity index (χ4n) is 2.99. The molecule has 1 fully saturated rings. The highest BCUT2D eigenvalue weighted by Gasteiger charge is 2.23. The third kappa shape index (κ3) is 3.91. The topological polar surface area (TPSA) is 75.2 Å². The molecule has 1 atom stereocenters. The summed E-state index contributed by atoms with van der Waals surface area (Å²) in [5.41, 5.74) is 0.818. The van der Waals surface area contributed by atoms with E-state index in [9.17, 15) is 8.42 Å². The lowest BCUT2D eigenvalue weighted by atomic mass is 9.98. The Morgan fingerprint density at radius 3 is 3.00 bits per heavy atom. The number of fused-ring (bicyclic) bond motifs is 1. The van der Waals surface area contributed by atoms with Crippen LogP contribution < -0.4 is 9.62 Å². The van der Waals surface area contributed by atoms with Gasteiger partial charge in [-0.15, -0.1) is 0 Å². The number of nitrogens with one attached hydrogen (secondary N) is 1. The summed E-state index contributed by atoms with van der Waals surface area (Å²) < 4.78 is 25.2. The Morgan fingerprint density at radius 2 is 2.22 bits per heavy atom. The largest absolute Gasteiger partial charge is 0.356 e. The molecule has 6 nitrogen and oxygen atoms in total. The lowest BCUT2D eigenvalue weighted by molar-refractivity contribution is 0.410. The van der Waals surface area contributed by atoms with Crippen LogP contribution in [0.5, 0.6) is 0 Å². The van der Waals surface area contributed by atoms with Crippen LogP contribution in [0.1, 0.15) is 12.8 Å². The minimum Gasteiger partial charge on any atom is -0.356 e. The van der Waals surface area contributed by atoms with Crippen molar-refractivity contribution < 1.29 is 8.42 Å². The fraction of sp³-hybridized carbons (Fsp3) is 0.467. The minimum atomic E-state index is -3.16. The second-order valence-corrected chi connectivity index (χ2v) is 8.15. The van der Waals surface area contributed by atoms with Crippen LogP contribution in [0.15, 0.2) is 24.5 Å². The fourth-order valence-corrected chi connectivity index (χ4v) is 3.78. The molecule has 3 rings (SSSR count). The van der Waals surface area contributed by atoms with Crippen molar-refractivity contribution in [2.75, 3.05) is 30.8 Å². The van der Waals surface area contributed by atoms with E-state index in [-0.39, 0.29) is 5.92 Å². The molecule has 0 saturated carbocycles. The number of piperidine rings is 1. The summed E-state index contributed by atoms with van der Waals surface area (Å²) >= 11 is 6.34. The molecular weight excluding hydrogens is 336 g/mol. The van der Waals surface area contributed by atoms with Gasteiger partial charge in [0, 0.05) is 19.6 Å². The lowest BCUT2D eigenvalue weighted by Crippen LogP contribution is -2.41. The molecule has 1 aliphatic heterocycles. The summed E-state index contributed by atoms with van der Waals surface area (Å²) in [4.78, 5) is 10.9. The first-order valence-electron chi connectivity index (χ1n) is 7.53. The Balaban J connectivity index is 1.84. The van der Waals surface area contributed by atoms with Crippen molar-refractivity contribution in [2.24, 2.45) is 5.92 Å². The van der Waals surface area contributed by atoms with Crippen molar-refractivity contribution in [1.82, 2.24) is 14.7 Å². The molecule has 2 heterocycles. The van der Waals surface area contributed by atoms with Crippen LogP contribution in [0, 0.1) is 5.92 Å². The molecule has 8 heteroatoms. The van der Waals surface area contributed by atoms with Crippen LogP contribution >= 0.6 is 11.6 Å². The Morgan fingerprint density at radius 1 is 1.39 bits per heavy atom. The van der Waals surface area contributed by atoms with Crippen molar-refractivity contribution in [1.29, 1.82) is 0 Å².